The van der Waals surface area contributed by atoms with Crippen molar-refractivity contribution in [1.82, 2.24) is 19.2 Å². The van der Waals surface area contributed by atoms with Crippen LogP contribution in [0.5, 0.6) is 0 Å². The van der Waals surface area contributed by atoms with Crippen LogP contribution in [0.15, 0.2) is 53.0 Å². The average molecular weight is 560 g/mol. The van der Waals surface area contributed by atoms with Crippen LogP contribution >= 0.6 is 22.9 Å². The van der Waals surface area contributed by atoms with Gasteiger partial charge in [0.25, 0.3) is 10.0 Å². The van der Waals surface area contributed by atoms with Crippen molar-refractivity contribution in [2.45, 2.75) is 23.7 Å². The first-order valence-corrected chi connectivity index (χ1v) is 14.0. The summed E-state index contributed by atoms with van der Waals surface area (Å²) in [5, 5.41) is 1.88. The van der Waals surface area contributed by atoms with Crippen molar-refractivity contribution >= 4 is 71.6 Å². The molecule has 1 unspecified atom stereocenters. The summed E-state index contributed by atoms with van der Waals surface area (Å²) in [5.74, 6) is -0.857. The van der Waals surface area contributed by atoms with Crippen molar-refractivity contribution in [3.63, 3.8) is 0 Å². The van der Waals surface area contributed by atoms with Gasteiger partial charge in [0, 0.05) is 28.2 Å². The number of aromatic nitrogens is 2. The Labute approximate surface area is 221 Å². The molecule has 1 aliphatic heterocycles. The molecule has 192 valence electrons. The van der Waals surface area contributed by atoms with E-state index in [1.807, 2.05) is 0 Å². The third-order valence-electron chi connectivity index (χ3n) is 6.08. The zero-order valence-corrected chi connectivity index (χ0v) is 22.0. The van der Waals surface area contributed by atoms with Crippen LogP contribution < -0.4 is 5.73 Å². The molecule has 10 nitrogen and oxygen atoms in total. The maximum absolute atomic E-state index is 13.5. The Morgan fingerprint density at radius 2 is 2.03 bits per heavy atom. The highest BCUT2D eigenvalue weighted by atomic mass is 35.5. The number of carbonyl (C=O) groups is 2. The first kappa shape index (κ1) is 25.3. The van der Waals surface area contributed by atoms with Gasteiger partial charge in [-0.05, 0) is 48.2 Å². The second kappa shape index (κ2) is 9.86. The number of thiophene rings is 1. The Kier molecular flexibility index (Phi) is 6.75. The molecule has 2 aromatic carbocycles. The molecule has 0 radical (unpaired) electrons. The number of rotatable bonds is 6. The van der Waals surface area contributed by atoms with E-state index in [2.05, 4.69) is 9.97 Å². The number of fused-ring (bicyclic) bond motifs is 2. The van der Waals surface area contributed by atoms with Gasteiger partial charge < -0.3 is 15.4 Å². The van der Waals surface area contributed by atoms with Crippen molar-refractivity contribution in [2.75, 3.05) is 25.4 Å². The van der Waals surface area contributed by atoms with Crippen LogP contribution in [-0.4, -0.2) is 65.2 Å². The van der Waals surface area contributed by atoms with Gasteiger partial charge in [0.05, 0.1) is 18.7 Å². The smallest absolute Gasteiger partial charge is 0.330 e. The van der Waals surface area contributed by atoms with E-state index in [-0.39, 0.29) is 23.9 Å². The van der Waals surface area contributed by atoms with Crippen LogP contribution in [0.2, 0.25) is 5.02 Å². The van der Waals surface area contributed by atoms with Crippen LogP contribution in [0, 0.1) is 0 Å². The molecule has 5 rings (SSSR count). The van der Waals surface area contributed by atoms with Crippen LogP contribution in [-0.2, 0) is 30.9 Å². The number of amides is 1. The van der Waals surface area contributed by atoms with Gasteiger partial charge in [0.1, 0.15) is 22.4 Å². The molecule has 2 aromatic heterocycles. The van der Waals surface area contributed by atoms with Gasteiger partial charge in [0.2, 0.25) is 5.91 Å². The number of carbonyl (C=O) groups excluding carboxylic acids is 2. The molecule has 0 aliphatic carbocycles. The summed E-state index contributed by atoms with van der Waals surface area (Å²) in [7, 11) is -4.06. The highest BCUT2D eigenvalue weighted by Crippen LogP contribution is 2.34. The Hall–Kier alpha value is -3.32. The number of piperazine rings is 1. The minimum Gasteiger partial charge on any atom is -0.464 e. The summed E-state index contributed by atoms with van der Waals surface area (Å²) in [6, 6.07) is 10.8. The number of hydrogen-bond acceptors (Lipinski definition) is 9. The highest BCUT2D eigenvalue weighted by Gasteiger charge is 2.43. The molecule has 37 heavy (non-hydrogen) atoms. The standard InChI is InChI=1S/C24H22ClN5O5S2/c1-2-35-24(32)19-11-29(37(33,34)22-8-15-4-5-16(25)9-20(15)36-22)12-21(31)30(19)10-14-3-6-17-18(7-14)27-13-28-23(17)26/h3-9,13,19H,2,10-12H2,1H3,(H2,26,27,28). The van der Waals surface area contributed by atoms with Gasteiger partial charge >= 0.3 is 5.97 Å². The first-order chi connectivity index (χ1) is 17.7. The lowest BCUT2D eigenvalue weighted by molar-refractivity contribution is -0.158. The molecular weight excluding hydrogens is 538 g/mol. The third-order valence-corrected chi connectivity index (χ3v) is 9.68. The number of anilines is 1. The number of nitrogens with two attached hydrogens (primary N) is 1. The molecule has 0 bridgehead atoms. The lowest BCUT2D eigenvalue weighted by Gasteiger charge is -2.38. The number of ether oxygens (including phenoxy) is 1. The lowest BCUT2D eigenvalue weighted by Crippen LogP contribution is -2.60. The van der Waals surface area contributed by atoms with Crippen molar-refractivity contribution in [3.05, 3.63) is 59.4 Å². The molecule has 1 amide bonds. The van der Waals surface area contributed by atoms with Gasteiger partial charge in [-0.1, -0.05) is 23.7 Å². The van der Waals surface area contributed by atoms with Crippen molar-refractivity contribution in [1.29, 1.82) is 0 Å². The number of nitrogens with zero attached hydrogens (tertiary/aromatic N) is 4. The summed E-state index contributed by atoms with van der Waals surface area (Å²) in [6.07, 6.45) is 1.35. The van der Waals surface area contributed by atoms with Gasteiger partial charge in [-0.3, -0.25) is 4.79 Å². The highest BCUT2D eigenvalue weighted by molar-refractivity contribution is 7.91. The lowest BCUT2D eigenvalue weighted by atomic mass is 10.1. The number of hydrogen-bond donors (Lipinski definition) is 1. The fourth-order valence-electron chi connectivity index (χ4n) is 4.25. The number of benzene rings is 2. The minimum atomic E-state index is -4.06. The van der Waals surface area contributed by atoms with Crippen LogP contribution in [0.4, 0.5) is 5.82 Å². The molecule has 1 fully saturated rings. The fraction of sp³-hybridized carbons (Fsp3) is 0.250. The Morgan fingerprint density at radius 1 is 1.22 bits per heavy atom. The normalized spacial score (nSPS) is 17.0. The minimum absolute atomic E-state index is 0.0669. The predicted octanol–water partition coefficient (Wildman–Crippen LogP) is 3.04. The van der Waals surface area contributed by atoms with E-state index in [1.54, 1.807) is 49.4 Å². The summed E-state index contributed by atoms with van der Waals surface area (Å²) in [6.45, 7) is 1.17. The van der Waals surface area contributed by atoms with Gasteiger partial charge in [0.15, 0.2) is 0 Å². The van der Waals surface area contributed by atoms with Crippen LogP contribution in [0.3, 0.4) is 0 Å². The van der Waals surface area contributed by atoms with E-state index in [0.29, 0.717) is 32.0 Å². The maximum atomic E-state index is 13.5. The molecule has 13 heteroatoms. The molecule has 0 saturated carbocycles. The molecular formula is C24H22ClN5O5S2. The predicted molar refractivity (Wildman–Crippen MR) is 141 cm³/mol. The number of nitrogen functional groups attached to an aromatic ring is 1. The Balaban J connectivity index is 1.45. The van der Waals surface area contributed by atoms with Crippen LogP contribution in [0.1, 0.15) is 12.5 Å². The zero-order valence-electron chi connectivity index (χ0n) is 19.6. The summed E-state index contributed by atoms with van der Waals surface area (Å²) < 4.78 is 34.0. The van der Waals surface area contributed by atoms with E-state index < -0.39 is 34.5 Å². The van der Waals surface area contributed by atoms with Gasteiger partial charge in [-0.2, -0.15) is 4.31 Å². The maximum Gasteiger partial charge on any atom is 0.330 e. The Morgan fingerprint density at radius 3 is 2.81 bits per heavy atom. The summed E-state index contributed by atoms with van der Waals surface area (Å²) in [5.41, 5.74) is 7.19. The number of sulfonamides is 1. The molecule has 1 aliphatic rings. The van der Waals surface area contributed by atoms with Gasteiger partial charge in [-0.25, -0.2) is 23.2 Å². The number of esters is 1. The van der Waals surface area contributed by atoms with Gasteiger partial charge in [-0.15, -0.1) is 11.3 Å². The average Bonchev–Trinajstić information content (AvgIpc) is 3.29. The summed E-state index contributed by atoms with van der Waals surface area (Å²) in [4.78, 5) is 35.7. The molecule has 0 spiro atoms. The summed E-state index contributed by atoms with van der Waals surface area (Å²) >= 11 is 7.11. The molecule has 1 atom stereocenters. The Bertz CT molecular complexity index is 1640. The van der Waals surface area contributed by atoms with E-state index in [1.165, 1.54) is 11.2 Å². The second-order valence-corrected chi connectivity index (χ2v) is 12.1. The zero-order chi connectivity index (χ0) is 26.3. The molecule has 2 N–H and O–H groups in total. The molecule has 4 aromatic rings. The first-order valence-electron chi connectivity index (χ1n) is 11.3. The van der Waals surface area contributed by atoms with Crippen molar-refractivity contribution in [3.8, 4) is 0 Å². The van der Waals surface area contributed by atoms with E-state index in [4.69, 9.17) is 22.1 Å². The molecule has 1 saturated heterocycles. The third kappa shape index (κ3) is 4.85. The van der Waals surface area contributed by atoms with E-state index in [0.717, 1.165) is 21.0 Å². The van der Waals surface area contributed by atoms with E-state index >= 15 is 0 Å². The number of halogens is 1. The molecule has 3 heterocycles. The van der Waals surface area contributed by atoms with Crippen LogP contribution in [0.25, 0.3) is 21.0 Å². The SMILES string of the molecule is CCOC(=O)C1CN(S(=O)(=O)c2cc3ccc(Cl)cc3s2)CC(=O)N1Cc1ccc2c(N)ncnc2c1. The monoisotopic (exact) mass is 559 g/mol. The van der Waals surface area contributed by atoms with Crippen molar-refractivity contribution < 1.29 is 22.7 Å². The van der Waals surface area contributed by atoms with Crippen molar-refractivity contribution in [2.24, 2.45) is 0 Å². The second-order valence-electron chi connectivity index (χ2n) is 8.45. The largest absolute Gasteiger partial charge is 0.464 e. The fourth-order valence-corrected chi connectivity index (χ4v) is 7.47. The quantitative estimate of drug-likeness (QED) is 0.356. The topological polar surface area (TPSA) is 136 Å². The van der Waals surface area contributed by atoms with E-state index in [9.17, 15) is 18.0 Å².